The minimum atomic E-state index is -2.69. The quantitative estimate of drug-likeness (QED) is 0.169. The highest BCUT2D eigenvalue weighted by atomic mass is 31.2. The average Bonchev–Trinajstić information content (AvgIpc) is 3.74. The third-order valence-corrected chi connectivity index (χ3v) is 13.0. The molecular formula is C47H32N3OP. The molecule has 0 spiro atoms. The van der Waals surface area contributed by atoms with Crippen molar-refractivity contribution in [3.05, 3.63) is 176 Å². The van der Waals surface area contributed by atoms with Gasteiger partial charge in [0.2, 0.25) is 0 Å². The predicted octanol–water partition coefficient (Wildman–Crippen LogP) is 11.1. The largest absolute Gasteiger partial charge is 0.314 e. The molecule has 3 heterocycles. The van der Waals surface area contributed by atoms with Crippen LogP contribution in [0.25, 0.3) is 83.4 Å². The molecule has 4 nitrogen and oxygen atoms in total. The third kappa shape index (κ3) is 4.80. The second-order valence-corrected chi connectivity index (χ2v) is 16.3. The molecule has 1 unspecified atom stereocenters. The lowest BCUT2D eigenvalue weighted by molar-refractivity contribution is 0.591. The van der Waals surface area contributed by atoms with Gasteiger partial charge in [0, 0.05) is 39.1 Å². The first-order chi connectivity index (χ1) is 25.5. The molecule has 5 heteroatoms. The first kappa shape index (κ1) is 30.5. The second-order valence-electron chi connectivity index (χ2n) is 13.5. The summed E-state index contributed by atoms with van der Waals surface area (Å²) in [6, 6.07) is 59.0. The molecule has 246 valence electrons. The molecule has 0 saturated carbocycles. The van der Waals surface area contributed by atoms with Crippen molar-refractivity contribution >= 4 is 34.2 Å². The Bertz CT molecular complexity index is 2890. The maximum atomic E-state index is 14.1. The van der Waals surface area contributed by atoms with Crippen molar-refractivity contribution in [2.24, 2.45) is 0 Å². The van der Waals surface area contributed by atoms with E-state index in [4.69, 9.17) is 10.1 Å². The fraction of sp³-hybridized carbons (Fsp3) is 0.0213. The van der Waals surface area contributed by atoms with Gasteiger partial charge in [-0.3, -0.25) is 0 Å². The van der Waals surface area contributed by atoms with Gasteiger partial charge >= 0.3 is 0 Å². The van der Waals surface area contributed by atoms with Crippen LogP contribution in [0.5, 0.6) is 0 Å². The van der Waals surface area contributed by atoms with E-state index in [9.17, 15) is 4.57 Å². The summed E-state index contributed by atoms with van der Waals surface area (Å²) in [6.45, 7) is 1.90. The fourth-order valence-electron chi connectivity index (χ4n) is 7.93. The Hall–Kier alpha value is -6.35. The van der Waals surface area contributed by atoms with Gasteiger partial charge in [-0.2, -0.15) is 0 Å². The number of fused-ring (bicyclic) bond motifs is 5. The maximum Gasteiger partial charge on any atom is 0.182 e. The SMILES string of the molecule is CP1(=O)c2ccccc2-c2c(-c3ccc(-c4cccc(-c5nc6c(-c7ccccc7)cc(-c7ccccc7)cn6n5)c4)c4ccccc34)cccc21. The molecule has 0 bridgehead atoms. The Kier molecular flexibility index (Phi) is 6.96. The summed E-state index contributed by atoms with van der Waals surface area (Å²) in [5.41, 5.74) is 12.7. The lowest BCUT2D eigenvalue weighted by Crippen LogP contribution is -2.08. The summed E-state index contributed by atoms with van der Waals surface area (Å²) >= 11 is 0. The summed E-state index contributed by atoms with van der Waals surface area (Å²) in [5, 5.41) is 9.25. The van der Waals surface area contributed by atoms with Crippen molar-refractivity contribution in [2.45, 2.75) is 0 Å². The molecule has 10 rings (SSSR count). The number of pyridine rings is 1. The van der Waals surface area contributed by atoms with E-state index >= 15 is 0 Å². The molecule has 0 fully saturated rings. The Morgan fingerprint density at radius 2 is 1.06 bits per heavy atom. The molecule has 2 aromatic heterocycles. The van der Waals surface area contributed by atoms with Gasteiger partial charge in [0.05, 0.1) is 0 Å². The lowest BCUT2D eigenvalue weighted by Gasteiger charge is -2.16. The van der Waals surface area contributed by atoms with Crippen LogP contribution < -0.4 is 10.6 Å². The number of benzene rings is 7. The molecular weight excluding hydrogens is 654 g/mol. The Balaban J connectivity index is 1.11. The summed E-state index contributed by atoms with van der Waals surface area (Å²) in [5.74, 6) is 0.674. The number of aromatic nitrogens is 3. The molecule has 0 radical (unpaired) electrons. The first-order valence-corrected chi connectivity index (χ1v) is 19.7. The van der Waals surface area contributed by atoms with Gasteiger partial charge in [0.25, 0.3) is 0 Å². The third-order valence-electron chi connectivity index (χ3n) is 10.4. The van der Waals surface area contributed by atoms with Crippen LogP contribution in [0.2, 0.25) is 0 Å². The normalized spacial score (nSPS) is 14.8. The number of nitrogens with zero attached hydrogens (tertiary/aromatic N) is 3. The van der Waals surface area contributed by atoms with E-state index < -0.39 is 7.14 Å². The van der Waals surface area contributed by atoms with Gasteiger partial charge in [-0.25, -0.2) is 9.50 Å². The van der Waals surface area contributed by atoms with E-state index in [1.54, 1.807) is 0 Å². The van der Waals surface area contributed by atoms with Crippen LogP contribution in [-0.2, 0) is 4.57 Å². The zero-order chi connectivity index (χ0) is 34.8. The molecule has 0 saturated heterocycles. The van der Waals surface area contributed by atoms with E-state index in [1.165, 1.54) is 0 Å². The van der Waals surface area contributed by atoms with Crippen molar-refractivity contribution in [2.75, 3.05) is 6.66 Å². The average molecular weight is 686 g/mol. The van der Waals surface area contributed by atoms with E-state index in [-0.39, 0.29) is 0 Å². The van der Waals surface area contributed by atoms with Crippen LogP contribution in [-0.4, -0.2) is 21.3 Å². The minimum absolute atomic E-state index is 0.674. The molecule has 7 aromatic carbocycles. The zero-order valence-electron chi connectivity index (χ0n) is 28.4. The number of rotatable bonds is 5. The van der Waals surface area contributed by atoms with Crippen LogP contribution in [0.3, 0.4) is 0 Å². The van der Waals surface area contributed by atoms with Crippen LogP contribution in [0.1, 0.15) is 0 Å². The van der Waals surface area contributed by atoms with Gasteiger partial charge in [0.1, 0.15) is 7.14 Å². The van der Waals surface area contributed by atoms with E-state index in [0.717, 1.165) is 88.2 Å². The lowest BCUT2D eigenvalue weighted by atomic mass is 9.88. The van der Waals surface area contributed by atoms with Crippen molar-refractivity contribution < 1.29 is 4.57 Å². The Morgan fingerprint density at radius 3 is 1.87 bits per heavy atom. The highest BCUT2D eigenvalue weighted by Gasteiger charge is 2.36. The first-order valence-electron chi connectivity index (χ1n) is 17.5. The van der Waals surface area contributed by atoms with Gasteiger partial charge in [-0.1, -0.05) is 158 Å². The zero-order valence-corrected chi connectivity index (χ0v) is 29.3. The van der Waals surface area contributed by atoms with Gasteiger partial charge in [-0.05, 0) is 68.5 Å². The Morgan fingerprint density at radius 1 is 0.462 bits per heavy atom. The molecule has 1 atom stereocenters. The summed E-state index contributed by atoms with van der Waals surface area (Å²) in [6.07, 6.45) is 2.07. The van der Waals surface area contributed by atoms with Crippen molar-refractivity contribution in [3.8, 4) is 67.0 Å². The Labute approximate surface area is 302 Å². The smallest absolute Gasteiger partial charge is 0.182 e. The van der Waals surface area contributed by atoms with Gasteiger partial charge < -0.3 is 4.57 Å². The number of hydrogen-bond acceptors (Lipinski definition) is 3. The van der Waals surface area contributed by atoms with Crippen molar-refractivity contribution in [3.63, 3.8) is 0 Å². The van der Waals surface area contributed by atoms with Gasteiger partial charge in [-0.15, -0.1) is 5.10 Å². The molecule has 0 aliphatic carbocycles. The summed E-state index contributed by atoms with van der Waals surface area (Å²) in [7, 11) is -2.69. The summed E-state index contributed by atoms with van der Waals surface area (Å²) < 4.78 is 16.0. The van der Waals surface area contributed by atoms with E-state index in [1.807, 2.05) is 47.6 Å². The van der Waals surface area contributed by atoms with E-state index in [2.05, 4.69) is 140 Å². The fourth-order valence-corrected chi connectivity index (χ4v) is 10.2. The molecule has 1 aliphatic heterocycles. The molecule has 52 heavy (non-hydrogen) atoms. The van der Waals surface area contributed by atoms with Gasteiger partial charge in [0.15, 0.2) is 11.5 Å². The second kappa shape index (κ2) is 11.9. The molecule has 0 amide bonds. The van der Waals surface area contributed by atoms with E-state index in [0.29, 0.717) is 5.82 Å². The standard InChI is InChI=1S/C47H32N3OP/c1-52(51)43-24-11-10-22-41(43)45-40(23-13-25-44(45)52)39-27-26-36(37-20-8-9-21-38(37)39)33-18-12-19-34(28-33)46-48-47-42(32-16-6-3-7-17-32)29-35(30-50(47)49-46)31-14-4-2-5-15-31/h2-30H,1H3. The molecule has 9 aromatic rings. The van der Waals surface area contributed by atoms with Crippen molar-refractivity contribution in [1.82, 2.24) is 14.6 Å². The van der Waals surface area contributed by atoms with Crippen LogP contribution in [0.4, 0.5) is 0 Å². The van der Waals surface area contributed by atoms with Crippen molar-refractivity contribution in [1.29, 1.82) is 0 Å². The number of hydrogen-bond donors (Lipinski definition) is 0. The molecule has 1 aliphatic rings. The highest BCUT2D eigenvalue weighted by molar-refractivity contribution is 7.79. The van der Waals surface area contributed by atoms with Crippen LogP contribution in [0, 0.1) is 0 Å². The maximum absolute atomic E-state index is 14.1. The minimum Gasteiger partial charge on any atom is -0.314 e. The molecule has 0 N–H and O–H groups in total. The predicted molar refractivity (Wildman–Crippen MR) is 216 cm³/mol. The highest BCUT2D eigenvalue weighted by Crippen LogP contribution is 2.53. The van der Waals surface area contributed by atoms with Crippen LogP contribution in [0.15, 0.2) is 176 Å². The van der Waals surface area contributed by atoms with Crippen LogP contribution >= 0.6 is 7.14 Å². The topological polar surface area (TPSA) is 47.3 Å². The monoisotopic (exact) mass is 685 g/mol. The summed E-state index contributed by atoms with van der Waals surface area (Å²) in [4.78, 5) is 5.14.